The number of anilines is 1. The SMILES string of the molecule is CNC(=O)C[C@@H]1CSC(c2cc3cc(Cl)cc(NC4CCOCC4)c3[nH]2)=N1. The maximum atomic E-state index is 11.6. The number of carbonyl (C=O) groups is 1. The number of carbonyl (C=O) groups excluding carboxylic acids is 1. The number of aliphatic imine (C=N–C) groups is 1. The molecule has 0 bridgehead atoms. The molecule has 1 aromatic heterocycles. The van der Waals surface area contributed by atoms with Crippen LogP contribution in [0.15, 0.2) is 23.2 Å². The normalized spacial score (nSPS) is 20.7. The first-order valence-electron chi connectivity index (χ1n) is 9.20. The minimum atomic E-state index is 0.0250. The Kier molecular flexibility index (Phi) is 5.61. The summed E-state index contributed by atoms with van der Waals surface area (Å²) in [7, 11) is 1.66. The molecule has 0 saturated carbocycles. The van der Waals surface area contributed by atoms with Gasteiger partial charge in [-0.2, -0.15) is 0 Å². The second-order valence-electron chi connectivity index (χ2n) is 6.91. The van der Waals surface area contributed by atoms with E-state index in [-0.39, 0.29) is 11.9 Å². The maximum Gasteiger partial charge on any atom is 0.221 e. The molecule has 3 N–H and O–H groups in total. The number of rotatable bonds is 5. The molecule has 1 fully saturated rings. The average molecular weight is 407 g/mol. The van der Waals surface area contributed by atoms with Gasteiger partial charge in [-0.15, -0.1) is 11.8 Å². The molecule has 3 heterocycles. The van der Waals surface area contributed by atoms with Crippen molar-refractivity contribution in [2.75, 3.05) is 31.3 Å². The van der Waals surface area contributed by atoms with Crippen molar-refractivity contribution >= 4 is 50.9 Å². The summed E-state index contributed by atoms with van der Waals surface area (Å²) in [4.78, 5) is 19.8. The lowest BCUT2D eigenvalue weighted by Crippen LogP contribution is -2.27. The number of nitrogens with zero attached hydrogens (tertiary/aromatic N) is 1. The Morgan fingerprint density at radius 2 is 2.19 bits per heavy atom. The van der Waals surface area contributed by atoms with Crippen molar-refractivity contribution in [1.82, 2.24) is 10.3 Å². The third-order valence-electron chi connectivity index (χ3n) is 4.92. The van der Waals surface area contributed by atoms with E-state index in [4.69, 9.17) is 21.3 Å². The van der Waals surface area contributed by atoms with Crippen molar-refractivity contribution in [3.8, 4) is 0 Å². The van der Waals surface area contributed by atoms with Crippen molar-refractivity contribution in [3.63, 3.8) is 0 Å². The smallest absolute Gasteiger partial charge is 0.221 e. The molecule has 1 atom stereocenters. The summed E-state index contributed by atoms with van der Waals surface area (Å²) in [6.45, 7) is 1.58. The minimum absolute atomic E-state index is 0.0250. The molecule has 1 aromatic carbocycles. The van der Waals surface area contributed by atoms with E-state index in [0.29, 0.717) is 17.5 Å². The first-order valence-corrected chi connectivity index (χ1v) is 10.6. The molecule has 1 amide bonds. The predicted molar refractivity (Wildman–Crippen MR) is 112 cm³/mol. The molecule has 1 saturated heterocycles. The third-order valence-corrected chi connectivity index (χ3v) is 6.29. The van der Waals surface area contributed by atoms with Crippen molar-refractivity contribution in [3.05, 3.63) is 28.9 Å². The van der Waals surface area contributed by atoms with Gasteiger partial charge in [0.15, 0.2) is 0 Å². The molecule has 6 nitrogen and oxygen atoms in total. The highest BCUT2D eigenvalue weighted by molar-refractivity contribution is 8.14. The summed E-state index contributed by atoms with van der Waals surface area (Å²) in [6, 6.07) is 6.44. The lowest BCUT2D eigenvalue weighted by atomic mass is 10.1. The number of hydrogen-bond acceptors (Lipinski definition) is 5. The summed E-state index contributed by atoms with van der Waals surface area (Å²) < 4.78 is 5.44. The van der Waals surface area contributed by atoms with E-state index < -0.39 is 0 Å². The van der Waals surface area contributed by atoms with E-state index in [2.05, 4.69) is 21.7 Å². The molecule has 144 valence electrons. The molecule has 0 spiro atoms. The summed E-state index contributed by atoms with van der Waals surface area (Å²) >= 11 is 8.03. The van der Waals surface area contributed by atoms with Crippen LogP contribution in [0.1, 0.15) is 25.0 Å². The summed E-state index contributed by atoms with van der Waals surface area (Å²) in [5.41, 5.74) is 3.03. The van der Waals surface area contributed by atoms with Gasteiger partial charge in [0.05, 0.1) is 22.9 Å². The third kappa shape index (κ3) is 4.25. The van der Waals surface area contributed by atoms with Crippen molar-refractivity contribution in [2.24, 2.45) is 4.99 Å². The number of thioether (sulfide) groups is 1. The molecular weight excluding hydrogens is 384 g/mol. The number of fused-ring (bicyclic) bond motifs is 1. The number of nitrogens with one attached hydrogen (secondary N) is 3. The second kappa shape index (κ2) is 8.12. The largest absolute Gasteiger partial charge is 0.381 e. The fraction of sp³-hybridized carbons (Fsp3) is 0.474. The Morgan fingerprint density at radius 3 is 2.96 bits per heavy atom. The Labute approximate surface area is 167 Å². The topological polar surface area (TPSA) is 78.5 Å². The lowest BCUT2D eigenvalue weighted by Gasteiger charge is -2.24. The average Bonchev–Trinajstić information content (AvgIpc) is 3.29. The first kappa shape index (κ1) is 18.7. The van der Waals surface area contributed by atoms with Crippen LogP contribution in [-0.4, -0.2) is 54.0 Å². The summed E-state index contributed by atoms with van der Waals surface area (Å²) in [5, 5.41) is 9.00. The van der Waals surface area contributed by atoms with Gasteiger partial charge in [-0.1, -0.05) is 11.6 Å². The fourth-order valence-corrected chi connectivity index (χ4v) is 4.74. The number of ether oxygens (including phenoxy) is 1. The van der Waals surface area contributed by atoms with Crippen LogP contribution in [0, 0.1) is 0 Å². The number of H-pyrrole nitrogens is 1. The fourth-order valence-electron chi connectivity index (χ4n) is 3.48. The molecule has 2 aliphatic rings. The van der Waals surface area contributed by atoms with Gasteiger partial charge in [0, 0.05) is 48.9 Å². The zero-order chi connectivity index (χ0) is 18.8. The highest BCUT2D eigenvalue weighted by Crippen LogP contribution is 2.32. The van der Waals surface area contributed by atoms with Gasteiger partial charge >= 0.3 is 0 Å². The van der Waals surface area contributed by atoms with Gasteiger partial charge in [-0.25, -0.2) is 0 Å². The van der Waals surface area contributed by atoms with Gasteiger partial charge in [0.2, 0.25) is 5.91 Å². The number of amides is 1. The van der Waals surface area contributed by atoms with Crippen LogP contribution >= 0.6 is 23.4 Å². The molecule has 2 aliphatic heterocycles. The van der Waals surface area contributed by atoms with Crippen LogP contribution in [0.3, 0.4) is 0 Å². The summed E-state index contributed by atoms with van der Waals surface area (Å²) in [6.07, 6.45) is 2.41. The standard InChI is InChI=1S/C19H23ClN4O2S/c1-21-17(25)9-14-10-27-19(23-14)16-7-11-6-12(20)8-15(18(11)24-16)22-13-2-4-26-5-3-13/h6-8,13-14,22,24H,2-5,9-10H2,1H3,(H,21,25)/t14-/m1/s1. The van der Waals surface area contributed by atoms with E-state index in [1.165, 1.54) is 0 Å². The second-order valence-corrected chi connectivity index (χ2v) is 8.35. The van der Waals surface area contributed by atoms with Gasteiger partial charge in [-0.05, 0) is 31.0 Å². The van der Waals surface area contributed by atoms with Crippen LogP contribution < -0.4 is 10.6 Å². The van der Waals surface area contributed by atoms with Gasteiger partial charge in [0.25, 0.3) is 0 Å². The lowest BCUT2D eigenvalue weighted by molar-refractivity contribution is -0.120. The highest BCUT2D eigenvalue weighted by Gasteiger charge is 2.23. The van der Waals surface area contributed by atoms with E-state index in [0.717, 1.165) is 59.1 Å². The van der Waals surface area contributed by atoms with E-state index in [1.54, 1.807) is 18.8 Å². The van der Waals surface area contributed by atoms with Crippen molar-refractivity contribution in [1.29, 1.82) is 0 Å². The molecule has 2 aromatic rings. The summed E-state index contributed by atoms with van der Waals surface area (Å²) in [5.74, 6) is 0.850. The van der Waals surface area contributed by atoms with Crippen LogP contribution in [0.2, 0.25) is 5.02 Å². The monoisotopic (exact) mass is 406 g/mol. The van der Waals surface area contributed by atoms with Crippen LogP contribution in [0.25, 0.3) is 10.9 Å². The molecule has 0 aliphatic carbocycles. The van der Waals surface area contributed by atoms with Crippen molar-refractivity contribution < 1.29 is 9.53 Å². The molecule has 8 heteroatoms. The van der Waals surface area contributed by atoms with Crippen LogP contribution in [0.4, 0.5) is 5.69 Å². The molecule has 4 rings (SSSR count). The molecule has 27 heavy (non-hydrogen) atoms. The number of hydrogen-bond donors (Lipinski definition) is 3. The minimum Gasteiger partial charge on any atom is -0.381 e. The number of halogens is 1. The van der Waals surface area contributed by atoms with Crippen LogP contribution in [-0.2, 0) is 9.53 Å². The zero-order valence-electron chi connectivity index (χ0n) is 15.2. The van der Waals surface area contributed by atoms with E-state index in [9.17, 15) is 4.79 Å². The van der Waals surface area contributed by atoms with Crippen LogP contribution in [0.5, 0.6) is 0 Å². The first-order chi connectivity index (χ1) is 13.1. The zero-order valence-corrected chi connectivity index (χ0v) is 16.8. The Morgan fingerprint density at radius 1 is 1.37 bits per heavy atom. The van der Waals surface area contributed by atoms with Gasteiger partial charge in [0.1, 0.15) is 5.04 Å². The van der Waals surface area contributed by atoms with Gasteiger partial charge < -0.3 is 20.4 Å². The van der Waals surface area contributed by atoms with Crippen molar-refractivity contribution in [2.45, 2.75) is 31.3 Å². The van der Waals surface area contributed by atoms with E-state index in [1.807, 2.05) is 12.1 Å². The Balaban J connectivity index is 1.59. The predicted octanol–water partition coefficient (Wildman–Crippen LogP) is 3.41. The number of aromatic amines is 1. The maximum absolute atomic E-state index is 11.6. The van der Waals surface area contributed by atoms with E-state index >= 15 is 0 Å². The Hall–Kier alpha value is -1.70. The molecule has 0 radical (unpaired) electrons. The van der Waals surface area contributed by atoms with Gasteiger partial charge in [-0.3, -0.25) is 9.79 Å². The highest BCUT2D eigenvalue weighted by atomic mass is 35.5. The number of aromatic nitrogens is 1. The Bertz CT molecular complexity index is 876. The number of benzene rings is 1. The molecular formula is C19H23ClN4O2S. The molecule has 0 unspecified atom stereocenters. The quantitative estimate of drug-likeness (QED) is 0.711.